The normalized spacial score (nSPS) is 36.8. The maximum absolute atomic E-state index is 10.9. The highest BCUT2D eigenvalue weighted by molar-refractivity contribution is 5.85. The van der Waals surface area contributed by atoms with E-state index in [1.54, 1.807) is 0 Å². The van der Waals surface area contributed by atoms with Gasteiger partial charge in [0, 0.05) is 5.57 Å². The third-order valence-corrected chi connectivity index (χ3v) is 5.18. The van der Waals surface area contributed by atoms with E-state index < -0.39 is 5.97 Å². The number of fused-ring (bicyclic) bond motifs is 2. The number of hydrogen-bond donors (Lipinski definition) is 1. The lowest BCUT2D eigenvalue weighted by Crippen LogP contribution is -2.31. The quantitative estimate of drug-likeness (QED) is 0.723. The average molecular weight is 208 g/mol. The Bertz CT molecular complexity index is 306. The molecule has 2 heteroatoms. The van der Waals surface area contributed by atoms with Gasteiger partial charge in [-0.1, -0.05) is 20.4 Å². The summed E-state index contributed by atoms with van der Waals surface area (Å²) in [5.74, 6) is -0.0189. The highest BCUT2D eigenvalue weighted by atomic mass is 16.4. The van der Waals surface area contributed by atoms with E-state index in [4.69, 9.17) is 5.11 Å². The van der Waals surface area contributed by atoms with Crippen molar-refractivity contribution in [3.63, 3.8) is 0 Å². The Hall–Kier alpha value is -0.790. The summed E-state index contributed by atoms with van der Waals surface area (Å²) in [4.78, 5) is 10.9. The molecular weight excluding hydrogens is 188 g/mol. The Morgan fingerprint density at radius 2 is 1.93 bits per heavy atom. The van der Waals surface area contributed by atoms with Gasteiger partial charge in [-0.3, -0.25) is 0 Å². The van der Waals surface area contributed by atoms with E-state index in [2.05, 4.69) is 20.4 Å². The molecule has 0 amide bonds. The Balaban J connectivity index is 2.20. The molecule has 2 aliphatic rings. The van der Waals surface area contributed by atoms with Crippen LogP contribution in [0.2, 0.25) is 0 Å². The van der Waals surface area contributed by atoms with Crippen molar-refractivity contribution in [2.45, 2.75) is 46.0 Å². The Kier molecular flexibility index (Phi) is 2.21. The Morgan fingerprint density at radius 1 is 1.40 bits per heavy atom. The molecule has 0 aromatic heterocycles. The van der Waals surface area contributed by atoms with Crippen LogP contribution in [0.3, 0.4) is 0 Å². The van der Waals surface area contributed by atoms with Crippen molar-refractivity contribution in [1.29, 1.82) is 0 Å². The molecule has 0 aromatic rings. The van der Waals surface area contributed by atoms with Gasteiger partial charge in [0.1, 0.15) is 0 Å². The van der Waals surface area contributed by atoms with Crippen LogP contribution in [-0.2, 0) is 4.79 Å². The fraction of sp³-hybridized carbons (Fsp3) is 0.769. The van der Waals surface area contributed by atoms with Crippen molar-refractivity contribution >= 4 is 5.97 Å². The Labute approximate surface area is 91.4 Å². The van der Waals surface area contributed by atoms with Crippen LogP contribution in [0.1, 0.15) is 46.0 Å². The fourth-order valence-electron chi connectivity index (χ4n) is 3.86. The Morgan fingerprint density at radius 3 is 2.27 bits per heavy atom. The summed E-state index contributed by atoms with van der Waals surface area (Å²) in [7, 11) is 0. The van der Waals surface area contributed by atoms with E-state index in [9.17, 15) is 4.79 Å². The summed E-state index contributed by atoms with van der Waals surface area (Å²) in [6, 6.07) is 0. The van der Waals surface area contributed by atoms with Gasteiger partial charge in [0.15, 0.2) is 0 Å². The second-order valence-corrected chi connectivity index (χ2v) is 5.86. The number of carboxylic acids is 1. The van der Waals surface area contributed by atoms with Crippen molar-refractivity contribution in [3.8, 4) is 0 Å². The van der Waals surface area contributed by atoms with Gasteiger partial charge in [-0.05, 0) is 48.9 Å². The smallest absolute Gasteiger partial charge is 0.330 e. The topological polar surface area (TPSA) is 37.3 Å². The summed E-state index contributed by atoms with van der Waals surface area (Å²) >= 11 is 0. The number of rotatable bonds is 3. The molecule has 0 saturated heterocycles. The summed E-state index contributed by atoms with van der Waals surface area (Å²) in [6.07, 6.45) is 5.62. The highest BCUT2D eigenvalue weighted by Crippen LogP contribution is 2.67. The van der Waals surface area contributed by atoms with E-state index in [-0.39, 0.29) is 5.41 Å². The van der Waals surface area contributed by atoms with Crippen molar-refractivity contribution in [1.82, 2.24) is 0 Å². The summed E-state index contributed by atoms with van der Waals surface area (Å²) < 4.78 is 0. The zero-order valence-corrected chi connectivity index (χ0v) is 9.68. The van der Waals surface area contributed by atoms with Crippen LogP contribution in [-0.4, -0.2) is 11.1 Å². The molecule has 2 bridgehead atoms. The lowest BCUT2D eigenvalue weighted by molar-refractivity contribution is -0.133. The third kappa shape index (κ3) is 1.34. The first kappa shape index (κ1) is 10.7. The van der Waals surface area contributed by atoms with E-state index in [0.717, 1.165) is 5.92 Å². The predicted octanol–water partition coefficient (Wildman–Crippen LogP) is 3.23. The number of aliphatic carboxylic acids is 1. The first-order valence-corrected chi connectivity index (χ1v) is 5.80. The molecule has 0 aromatic carbocycles. The molecule has 0 unspecified atom stereocenters. The molecule has 2 aliphatic carbocycles. The summed E-state index contributed by atoms with van der Waals surface area (Å²) in [5.41, 5.74) is 0.934. The van der Waals surface area contributed by atoms with Gasteiger partial charge in [-0.15, -0.1) is 0 Å². The van der Waals surface area contributed by atoms with E-state index >= 15 is 0 Å². The molecule has 0 aliphatic heterocycles. The van der Waals surface area contributed by atoms with Gasteiger partial charge in [-0.25, -0.2) is 4.79 Å². The van der Waals surface area contributed by atoms with Crippen LogP contribution in [0, 0.1) is 16.7 Å². The molecule has 15 heavy (non-hydrogen) atoms. The van der Waals surface area contributed by atoms with Crippen LogP contribution in [0.5, 0.6) is 0 Å². The lowest BCUT2D eigenvalue weighted by atomic mass is 9.66. The SMILES string of the molecule is C=C(CC12CCC(CC1)C2(C)C)C(=O)O. The zero-order chi connectivity index (χ0) is 11.3. The molecule has 0 atom stereocenters. The second-order valence-electron chi connectivity index (χ2n) is 5.86. The van der Waals surface area contributed by atoms with Gasteiger partial charge < -0.3 is 5.11 Å². The van der Waals surface area contributed by atoms with Gasteiger partial charge in [0.25, 0.3) is 0 Å². The minimum Gasteiger partial charge on any atom is -0.478 e. The van der Waals surface area contributed by atoms with Gasteiger partial charge in [0.05, 0.1) is 0 Å². The van der Waals surface area contributed by atoms with Gasteiger partial charge >= 0.3 is 5.97 Å². The van der Waals surface area contributed by atoms with Gasteiger partial charge in [-0.2, -0.15) is 0 Å². The lowest BCUT2D eigenvalue weighted by Gasteiger charge is -2.38. The minimum absolute atomic E-state index is 0.229. The predicted molar refractivity (Wildman–Crippen MR) is 59.6 cm³/mol. The molecule has 84 valence electrons. The van der Waals surface area contributed by atoms with E-state index in [1.807, 2.05) is 0 Å². The molecule has 1 N–H and O–H groups in total. The minimum atomic E-state index is -0.824. The second kappa shape index (κ2) is 3.10. The van der Waals surface area contributed by atoms with Crippen molar-refractivity contribution in [3.05, 3.63) is 12.2 Å². The molecule has 2 nitrogen and oxygen atoms in total. The van der Waals surface area contributed by atoms with E-state index in [1.165, 1.54) is 25.7 Å². The molecule has 2 rings (SSSR count). The first-order chi connectivity index (χ1) is 6.89. The van der Waals surface area contributed by atoms with Crippen LogP contribution in [0.15, 0.2) is 12.2 Å². The zero-order valence-electron chi connectivity index (χ0n) is 9.68. The molecule has 0 spiro atoms. The van der Waals surface area contributed by atoms with Crippen LogP contribution in [0.4, 0.5) is 0 Å². The summed E-state index contributed by atoms with van der Waals surface area (Å²) in [5, 5.41) is 8.94. The standard InChI is InChI=1S/C13H20O2/c1-9(11(14)15)8-13-6-4-10(5-7-13)12(13,2)3/h10H,1,4-8H2,2-3H3,(H,14,15). The molecule has 2 saturated carbocycles. The van der Waals surface area contributed by atoms with Gasteiger partial charge in [0.2, 0.25) is 0 Å². The summed E-state index contributed by atoms with van der Waals surface area (Å²) in [6.45, 7) is 8.32. The maximum Gasteiger partial charge on any atom is 0.330 e. The monoisotopic (exact) mass is 208 g/mol. The average Bonchev–Trinajstić information content (AvgIpc) is 2.52. The molecule has 0 radical (unpaired) electrons. The van der Waals surface area contributed by atoms with Crippen molar-refractivity contribution in [2.75, 3.05) is 0 Å². The maximum atomic E-state index is 10.9. The number of carboxylic acid groups (broad SMARTS) is 1. The number of hydrogen-bond acceptors (Lipinski definition) is 1. The third-order valence-electron chi connectivity index (χ3n) is 5.18. The molecule has 2 fully saturated rings. The molecule has 0 heterocycles. The molecular formula is C13H20O2. The first-order valence-electron chi connectivity index (χ1n) is 5.80. The fourth-order valence-corrected chi connectivity index (χ4v) is 3.86. The van der Waals surface area contributed by atoms with Crippen LogP contribution >= 0.6 is 0 Å². The largest absolute Gasteiger partial charge is 0.478 e. The van der Waals surface area contributed by atoms with E-state index in [0.29, 0.717) is 17.4 Å². The number of carbonyl (C=O) groups is 1. The van der Waals surface area contributed by atoms with Crippen LogP contribution < -0.4 is 0 Å². The van der Waals surface area contributed by atoms with Crippen molar-refractivity contribution < 1.29 is 9.90 Å². The highest BCUT2D eigenvalue weighted by Gasteiger charge is 2.58. The van der Waals surface area contributed by atoms with Crippen LogP contribution in [0.25, 0.3) is 0 Å². The van der Waals surface area contributed by atoms with Crippen molar-refractivity contribution in [2.24, 2.45) is 16.7 Å².